The number of thioether (sulfide) groups is 2. The van der Waals surface area contributed by atoms with Crippen molar-refractivity contribution >= 4 is 74.3 Å². The Morgan fingerprint density at radius 1 is 1.18 bits per heavy atom. The first kappa shape index (κ1) is 23.0. The van der Waals surface area contributed by atoms with Crippen molar-refractivity contribution < 1.29 is 23.9 Å². The molecule has 33 heavy (non-hydrogen) atoms. The predicted molar refractivity (Wildman–Crippen MR) is 128 cm³/mol. The number of hydrogen-bond donors (Lipinski definition) is 2. The van der Waals surface area contributed by atoms with E-state index in [1.807, 2.05) is 24.3 Å². The third-order valence-corrected chi connectivity index (χ3v) is 7.40. The van der Waals surface area contributed by atoms with Crippen molar-refractivity contribution in [2.24, 2.45) is 5.10 Å². The summed E-state index contributed by atoms with van der Waals surface area (Å²) in [5.74, 6) is -0.878. The number of amides is 3. The Labute approximate surface area is 200 Å². The Morgan fingerprint density at radius 2 is 1.97 bits per heavy atom. The van der Waals surface area contributed by atoms with Gasteiger partial charge in [-0.15, -0.1) is 11.3 Å². The highest BCUT2D eigenvalue weighted by Gasteiger charge is 2.33. The second kappa shape index (κ2) is 10.6. The van der Waals surface area contributed by atoms with Gasteiger partial charge in [-0.1, -0.05) is 35.7 Å². The van der Waals surface area contributed by atoms with Crippen LogP contribution in [0.1, 0.15) is 12.0 Å². The highest BCUT2D eigenvalue weighted by Crippen LogP contribution is 2.29. The van der Waals surface area contributed by atoms with E-state index in [2.05, 4.69) is 20.8 Å². The zero-order valence-corrected chi connectivity index (χ0v) is 19.3. The number of esters is 1. The number of imide groups is 1. The molecule has 1 saturated heterocycles. The van der Waals surface area contributed by atoms with Gasteiger partial charge in [-0.3, -0.25) is 24.5 Å². The van der Waals surface area contributed by atoms with Crippen LogP contribution in [0.5, 0.6) is 5.75 Å². The fourth-order valence-corrected chi connectivity index (χ4v) is 5.39. The van der Waals surface area contributed by atoms with Gasteiger partial charge in [0.1, 0.15) is 11.0 Å². The molecule has 12 heteroatoms. The molecule has 3 aromatic rings. The quantitative estimate of drug-likeness (QED) is 0.159. The van der Waals surface area contributed by atoms with Crippen molar-refractivity contribution in [1.82, 2.24) is 15.7 Å². The lowest BCUT2D eigenvalue weighted by molar-refractivity contribution is -0.135. The van der Waals surface area contributed by atoms with E-state index in [-0.39, 0.29) is 18.1 Å². The normalized spacial score (nSPS) is 15.7. The molecule has 0 bridgehead atoms. The molecule has 1 aliphatic rings. The molecule has 0 saturated carbocycles. The van der Waals surface area contributed by atoms with E-state index in [0.29, 0.717) is 11.3 Å². The van der Waals surface area contributed by atoms with Crippen LogP contribution in [0.25, 0.3) is 10.2 Å². The first-order valence-electron chi connectivity index (χ1n) is 9.59. The molecule has 0 aliphatic carbocycles. The van der Waals surface area contributed by atoms with Gasteiger partial charge in [-0.25, -0.2) is 10.4 Å². The number of hydrazone groups is 1. The average molecular weight is 501 g/mol. The maximum atomic E-state index is 12.0. The Balaban J connectivity index is 1.20. The van der Waals surface area contributed by atoms with Gasteiger partial charge < -0.3 is 4.74 Å². The van der Waals surface area contributed by atoms with E-state index in [0.717, 1.165) is 26.3 Å². The second-order valence-electron chi connectivity index (χ2n) is 6.66. The number of fused-ring (bicyclic) bond motifs is 1. The minimum Gasteiger partial charge on any atom is -0.426 e. The summed E-state index contributed by atoms with van der Waals surface area (Å²) >= 11 is 3.66. The van der Waals surface area contributed by atoms with Crippen LogP contribution < -0.4 is 15.5 Å². The lowest BCUT2D eigenvalue weighted by Gasteiger charge is -2.06. The third kappa shape index (κ3) is 6.40. The van der Waals surface area contributed by atoms with Crippen molar-refractivity contribution in [1.29, 1.82) is 0 Å². The first-order valence-corrected chi connectivity index (χ1v) is 12.3. The molecule has 0 unspecified atom stereocenters. The van der Waals surface area contributed by atoms with Gasteiger partial charge in [0.15, 0.2) is 4.34 Å². The second-order valence-corrected chi connectivity index (χ2v) is 10.1. The van der Waals surface area contributed by atoms with Crippen molar-refractivity contribution in [3.8, 4) is 5.75 Å². The van der Waals surface area contributed by atoms with Crippen molar-refractivity contribution in [3.05, 3.63) is 54.1 Å². The maximum absolute atomic E-state index is 12.0. The van der Waals surface area contributed by atoms with Crippen LogP contribution in [0, 0.1) is 0 Å². The summed E-state index contributed by atoms with van der Waals surface area (Å²) in [5, 5.41) is 4.81. The predicted octanol–water partition coefficient (Wildman–Crippen LogP) is 3.19. The van der Waals surface area contributed by atoms with Crippen LogP contribution >= 0.6 is 34.9 Å². The summed E-state index contributed by atoms with van der Waals surface area (Å²) in [6, 6.07) is 14.3. The van der Waals surface area contributed by atoms with Crippen LogP contribution in [0.3, 0.4) is 0 Å². The average Bonchev–Trinajstić information content (AvgIpc) is 3.35. The summed E-state index contributed by atoms with van der Waals surface area (Å²) in [6.45, 7) is 0. The minimum atomic E-state index is -0.771. The lowest BCUT2D eigenvalue weighted by Crippen LogP contribution is -2.27. The summed E-state index contributed by atoms with van der Waals surface area (Å²) in [7, 11) is 0. The van der Waals surface area contributed by atoms with Crippen LogP contribution in [0.4, 0.5) is 4.79 Å². The highest BCUT2D eigenvalue weighted by atomic mass is 32.2. The zero-order chi connectivity index (χ0) is 23.2. The standard InChI is InChI=1S/C21H16N4O5S3/c26-17(11-31-21-23-14-3-1-2-4-15(14)33-21)25-22-10-12-5-7-13(8-6-12)30-18(27)9-16-19(28)24-20(29)32-16/h1-8,10,16H,9,11H2,(H,25,26)(H,24,28,29)/b22-10-/t16-/m0/s1. The number of carbonyl (C=O) groups excluding carboxylic acids is 4. The number of nitrogens with one attached hydrogen (secondary N) is 2. The molecule has 0 radical (unpaired) electrons. The number of carbonyl (C=O) groups is 4. The molecule has 1 aliphatic heterocycles. The van der Waals surface area contributed by atoms with Gasteiger partial charge in [0.2, 0.25) is 5.91 Å². The smallest absolute Gasteiger partial charge is 0.312 e. The SMILES string of the molecule is O=C(CSc1nc2ccccc2s1)N/N=C\c1ccc(OC(=O)C[C@@H]2SC(=O)NC2=O)cc1. The van der Waals surface area contributed by atoms with Crippen LogP contribution in [0.2, 0.25) is 0 Å². The molecule has 1 aromatic heterocycles. The number of benzene rings is 2. The van der Waals surface area contributed by atoms with Crippen LogP contribution in [-0.2, 0) is 14.4 Å². The first-order chi connectivity index (χ1) is 16.0. The molecule has 3 amide bonds. The van der Waals surface area contributed by atoms with Crippen molar-refractivity contribution in [2.45, 2.75) is 16.0 Å². The molecule has 1 atom stereocenters. The number of hydrogen-bond acceptors (Lipinski definition) is 10. The van der Waals surface area contributed by atoms with E-state index < -0.39 is 22.4 Å². The zero-order valence-electron chi connectivity index (χ0n) is 16.8. The number of thiazole rings is 1. The number of aromatic nitrogens is 1. The molecule has 9 nitrogen and oxygen atoms in total. The molecule has 1 fully saturated rings. The fourth-order valence-electron chi connectivity index (χ4n) is 2.73. The molecule has 2 heterocycles. The fraction of sp³-hybridized carbons (Fsp3) is 0.143. The highest BCUT2D eigenvalue weighted by molar-refractivity contribution is 8.15. The number of rotatable bonds is 8. The molecule has 2 aromatic carbocycles. The minimum absolute atomic E-state index is 0.189. The molecule has 0 spiro atoms. The van der Waals surface area contributed by atoms with Gasteiger partial charge in [0.05, 0.1) is 28.6 Å². The van der Waals surface area contributed by atoms with Gasteiger partial charge in [-0.05, 0) is 42.0 Å². The Hall–Kier alpha value is -3.22. The monoisotopic (exact) mass is 500 g/mol. The Bertz CT molecular complexity index is 1210. The van der Waals surface area contributed by atoms with Crippen molar-refractivity contribution in [3.63, 3.8) is 0 Å². The largest absolute Gasteiger partial charge is 0.426 e. The van der Waals surface area contributed by atoms with Crippen LogP contribution in [-0.4, -0.2) is 45.2 Å². The van der Waals surface area contributed by atoms with Gasteiger partial charge in [0, 0.05) is 0 Å². The van der Waals surface area contributed by atoms with Crippen molar-refractivity contribution in [2.75, 3.05) is 5.75 Å². The molecule has 2 N–H and O–H groups in total. The number of nitrogens with zero attached hydrogens (tertiary/aromatic N) is 2. The van der Waals surface area contributed by atoms with E-state index in [1.54, 1.807) is 24.3 Å². The summed E-state index contributed by atoms with van der Waals surface area (Å²) in [5.41, 5.74) is 4.06. The number of para-hydroxylation sites is 1. The number of ether oxygens (including phenoxy) is 1. The molecule has 168 valence electrons. The van der Waals surface area contributed by atoms with E-state index in [4.69, 9.17) is 4.74 Å². The van der Waals surface area contributed by atoms with Gasteiger partial charge >= 0.3 is 5.97 Å². The maximum Gasteiger partial charge on any atom is 0.312 e. The third-order valence-electron chi connectivity index (χ3n) is 4.23. The summed E-state index contributed by atoms with van der Waals surface area (Å²) < 4.78 is 7.08. The lowest BCUT2D eigenvalue weighted by atomic mass is 10.2. The Morgan fingerprint density at radius 3 is 2.70 bits per heavy atom. The van der Waals surface area contributed by atoms with E-state index in [1.165, 1.54) is 29.3 Å². The van der Waals surface area contributed by atoms with E-state index in [9.17, 15) is 19.2 Å². The Kier molecular flexibility index (Phi) is 7.37. The van der Waals surface area contributed by atoms with Gasteiger partial charge in [-0.2, -0.15) is 5.10 Å². The summed E-state index contributed by atoms with van der Waals surface area (Å²) in [4.78, 5) is 51.1. The summed E-state index contributed by atoms with van der Waals surface area (Å²) in [6.07, 6.45) is 1.27. The van der Waals surface area contributed by atoms with Crippen LogP contribution in [0.15, 0.2) is 58.0 Å². The topological polar surface area (TPSA) is 127 Å². The molecular weight excluding hydrogens is 484 g/mol. The molecule has 4 rings (SSSR count). The molecular formula is C21H16N4O5S3. The van der Waals surface area contributed by atoms with E-state index >= 15 is 0 Å². The van der Waals surface area contributed by atoms with Gasteiger partial charge in [0.25, 0.3) is 11.1 Å².